The smallest absolute Gasteiger partial charge is 0.199 e. The molecular formula is C30H28N4O4. The van der Waals surface area contributed by atoms with Gasteiger partial charge in [-0.15, -0.1) is 0 Å². The third kappa shape index (κ3) is 4.06. The Bertz CT molecular complexity index is 1480. The first-order valence-corrected chi connectivity index (χ1v) is 12.3. The Kier molecular flexibility index (Phi) is 6.16. The van der Waals surface area contributed by atoms with Gasteiger partial charge in [-0.3, -0.25) is 9.59 Å². The molecule has 1 aliphatic carbocycles. The summed E-state index contributed by atoms with van der Waals surface area (Å²) in [5, 5.41) is 0. The molecule has 0 amide bonds. The number of rotatable bonds is 6. The van der Waals surface area contributed by atoms with Gasteiger partial charge in [0.05, 0.1) is 33.6 Å². The van der Waals surface area contributed by atoms with Crippen LogP contribution in [0.25, 0.3) is 0 Å². The summed E-state index contributed by atoms with van der Waals surface area (Å²) >= 11 is 0. The first kappa shape index (κ1) is 24.7. The predicted molar refractivity (Wildman–Crippen MR) is 149 cm³/mol. The van der Waals surface area contributed by atoms with Gasteiger partial charge >= 0.3 is 0 Å². The van der Waals surface area contributed by atoms with E-state index in [0.717, 1.165) is 24.0 Å². The molecule has 0 atom stereocenters. The van der Waals surface area contributed by atoms with Crippen LogP contribution in [0.3, 0.4) is 0 Å². The molecule has 0 unspecified atom stereocenters. The minimum absolute atomic E-state index is 0.0165. The molecule has 8 N–H and O–H groups in total. The molecule has 1 aliphatic rings. The molecule has 8 heteroatoms. The van der Waals surface area contributed by atoms with Crippen LogP contribution in [0.1, 0.15) is 56.8 Å². The fourth-order valence-corrected chi connectivity index (χ4v) is 4.61. The highest BCUT2D eigenvalue weighted by atomic mass is 16.5. The van der Waals surface area contributed by atoms with Gasteiger partial charge in [0.15, 0.2) is 23.1 Å². The minimum Gasteiger partial charge on any atom is -0.455 e. The average Bonchev–Trinajstić information content (AvgIpc) is 2.91. The van der Waals surface area contributed by atoms with Gasteiger partial charge in [0, 0.05) is 23.5 Å². The molecule has 0 fully saturated rings. The summed E-state index contributed by atoms with van der Waals surface area (Å²) in [5.41, 5.74) is 27.5. The van der Waals surface area contributed by atoms with E-state index in [2.05, 4.69) is 13.8 Å². The number of benzene rings is 4. The molecule has 0 aromatic heterocycles. The second-order valence-corrected chi connectivity index (χ2v) is 9.11. The molecule has 4 aromatic rings. The zero-order chi connectivity index (χ0) is 27.1. The third-order valence-corrected chi connectivity index (χ3v) is 6.75. The number of carbonyl (C=O) groups excluding carboxylic acids is 2. The number of anilines is 4. The Morgan fingerprint density at radius 3 is 1.24 bits per heavy atom. The Balaban J connectivity index is 1.58. The summed E-state index contributed by atoms with van der Waals surface area (Å²) < 4.78 is 11.9. The SMILES string of the molecule is CCc1ccc(Oc2cc(N)c3c(c2N)C(=O)c2c(N)c(Oc4ccc(CC)cc4)cc(N)c2C3=O)cc1. The summed E-state index contributed by atoms with van der Waals surface area (Å²) in [6.07, 6.45) is 1.76. The van der Waals surface area contributed by atoms with Crippen molar-refractivity contribution in [3.8, 4) is 23.0 Å². The van der Waals surface area contributed by atoms with E-state index in [1.165, 1.54) is 12.1 Å². The molecule has 4 aromatic carbocycles. The summed E-state index contributed by atoms with van der Waals surface area (Å²) in [6.45, 7) is 4.10. The number of ether oxygens (including phenoxy) is 2. The molecule has 38 heavy (non-hydrogen) atoms. The highest BCUT2D eigenvalue weighted by molar-refractivity contribution is 6.35. The highest BCUT2D eigenvalue weighted by Gasteiger charge is 2.38. The third-order valence-electron chi connectivity index (χ3n) is 6.75. The van der Waals surface area contributed by atoms with E-state index < -0.39 is 11.6 Å². The van der Waals surface area contributed by atoms with Crippen LogP contribution < -0.4 is 32.4 Å². The summed E-state index contributed by atoms with van der Waals surface area (Å²) in [7, 11) is 0. The number of carbonyl (C=O) groups is 2. The number of fused-ring (bicyclic) bond motifs is 2. The molecule has 0 spiro atoms. The van der Waals surface area contributed by atoms with Gasteiger partial charge in [-0.2, -0.15) is 0 Å². The van der Waals surface area contributed by atoms with E-state index in [1.807, 2.05) is 24.3 Å². The molecule has 8 nitrogen and oxygen atoms in total. The lowest BCUT2D eigenvalue weighted by Gasteiger charge is -2.25. The van der Waals surface area contributed by atoms with Crippen molar-refractivity contribution in [2.45, 2.75) is 26.7 Å². The molecular weight excluding hydrogens is 480 g/mol. The molecule has 0 saturated heterocycles. The van der Waals surface area contributed by atoms with E-state index in [1.54, 1.807) is 24.3 Å². The standard InChI is InChI=1S/C30H28N4O4/c1-3-15-5-9-17(10-6-15)37-21-13-19(31)23-25(27(21)33)30(36)26-24(29(23)35)20(32)14-22(28(26)34)38-18-11-7-16(4-2)8-12-18/h5-14H,3-4,31-34H2,1-2H3. The summed E-state index contributed by atoms with van der Waals surface area (Å²) in [4.78, 5) is 27.4. The van der Waals surface area contributed by atoms with E-state index in [4.69, 9.17) is 32.4 Å². The topological polar surface area (TPSA) is 157 Å². The fraction of sp³-hybridized carbons (Fsp3) is 0.133. The van der Waals surface area contributed by atoms with Gasteiger partial charge in [-0.1, -0.05) is 38.1 Å². The Hall–Kier alpha value is -4.98. The van der Waals surface area contributed by atoms with Crippen LogP contribution in [-0.2, 0) is 12.8 Å². The van der Waals surface area contributed by atoms with Crippen LogP contribution in [-0.4, -0.2) is 11.6 Å². The zero-order valence-electron chi connectivity index (χ0n) is 21.1. The van der Waals surface area contributed by atoms with Gasteiger partial charge in [0.1, 0.15) is 11.5 Å². The molecule has 0 heterocycles. The predicted octanol–water partition coefficient (Wildman–Crippen LogP) is 5.50. The highest BCUT2D eigenvalue weighted by Crippen LogP contribution is 2.46. The monoisotopic (exact) mass is 508 g/mol. The van der Waals surface area contributed by atoms with E-state index in [0.29, 0.717) is 11.5 Å². The Morgan fingerprint density at radius 2 is 0.895 bits per heavy atom. The summed E-state index contributed by atoms with van der Waals surface area (Å²) in [5.74, 6) is 0.214. The lowest BCUT2D eigenvalue weighted by Crippen LogP contribution is -2.26. The number of nitrogens with two attached hydrogens (primary N) is 4. The number of hydrogen-bond acceptors (Lipinski definition) is 8. The maximum atomic E-state index is 13.8. The van der Waals surface area contributed by atoms with Crippen molar-refractivity contribution >= 4 is 34.3 Å². The number of aryl methyl sites for hydroxylation is 2. The molecule has 5 rings (SSSR count). The molecule has 0 radical (unpaired) electrons. The largest absolute Gasteiger partial charge is 0.455 e. The molecule has 0 aliphatic heterocycles. The maximum absolute atomic E-state index is 13.8. The normalized spacial score (nSPS) is 12.2. The number of nitrogen functional groups attached to an aromatic ring is 4. The quantitative estimate of drug-likeness (QED) is 0.219. The second kappa shape index (κ2) is 9.48. The van der Waals surface area contributed by atoms with Crippen molar-refractivity contribution in [3.63, 3.8) is 0 Å². The van der Waals surface area contributed by atoms with Gasteiger partial charge in [-0.25, -0.2) is 0 Å². The van der Waals surface area contributed by atoms with Gasteiger partial charge < -0.3 is 32.4 Å². The minimum atomic E-state index is -0.582. The second-order valence-electron chi connectivity index (χ2n) is 9.11. The fourth-order valence-electron chi connectivity index (χ4n) is 4.61. The van der Waals surface area contributed by atoms with Crippen molar-refractivity contribution in [2.24, 2.45) is 0 Å². The number of ketones is 2. The molecule has 192 valence electrons. The van der Waals surface area contributed by atoms with Crippen LogP contribution in [0, 0.1) is 0 Å². The Labute approximate surface area is 220 Å². The first-order valence-electron chi connectivity index (χ1n) is 12.3. The molecule has 0 bridgehead atoms. The van der Waals surface area contributed by atoms with Crippen molar-refractivity contribution < 1.29 is 19.1 Å². The molecule has 0 saturated carbocycles. The lowest BCUT2D eigenvalue weighted by atomic mass is 9.80. The van der Waals surface area contributed by atoms with E-state index in [9.17, 15) is 9.59 Å². The van der Waals surface area contributed by atoms with Crippen molar-refractivity contribution in [2.75, 3.05) is 22.9 Å². The van der Waals surface area contributed by atoms with Crippen LogP contribution in [0.4, 0.5) is 22.7 Å². The average molecular weight is 509 g/mol. The zero-order valence-corrected chi connectivity index (χ0v) is 21.1. The van der Waals surface area contributed by atoms with Gasteiger partial charge in [-0.05, 0) is 48.2 Å². The first-order chi connectivity index (χ1) is 18.2. The van der Waals surface area contributed by atoms with Gasteiger partial charge in [0.25, 0.3) is 0 Å². The van der Waals surface area contributed by atoms with Crippen molar-refractivity contribution in [3.05, 3.63) is 94.0 Å². The van der Waals surface area contributed by atoms with E-state index >= 15 is 0 Å². The van der Waals surface area contributed by atoms with Crippen LogP contribution >= 0.6 is 0 Å². The van der Waals surface area contributed by atoms with E-state index in [-0.39, 0.29) is 56.5 Å². The Morgan fingerprint density at radius 1 is 0.553 bits per heavy atom. The van der Waals surface area contributed by atoms with Crippen LogP contribution in [0.2, 0.25) is 0 Å². The van der Waals surface area contributed by atoms with Crippen LogP contribution in [0.15, 0.2) is 60.7 Å². The van der Waals surface area contributed by atoms with Gasteiger partial charge in [0.2, 0.25) is 0 Å². The lowest BCUT2D eigenvalue weighted by molar-refractivity contribution is 0.0981. The van der Waals surface area contributed by atoms with Crippen molar-refractivity contribution in [1.82, 2.24) is 0 Å². The van der Waals surface area contributed by atoms with Crippen LogP contribution in [0.5, 0.6) is 23.0 Å². The van der Waals surface area contributed by atoms with Crippen molar-refractivity contribution in [1.29, 1.82) is 0 Å². The maximum Gasteiger partial charge on any atom is 0.199 e. The summed E-state index contributed by atoms with van der Waals surface area (Å²) in [6, 6.07) is 17.8. The number of hydrogen-bond donors (Lipinski definition) is 4.